The Hall–Kier alpha value is -2.74. The largest absolute Gasteiger partial charge is 0.494 e. The number of methoxy groups -OCH3 is 1. The van der Waals surface area contributed by atoms with E-state index in [0.29, 0.717) is 12.5 Å². The molecule has 0 aliphatic carbocycles. The summed E-state index contributed by atoms with van der Waals surface area (Å²) in [5.41, 5.74) is 1.16. The highest BCUT2D eigenvalue weighted by Gasteiger charge is 2.20. The number of piperidine rings is 1. The molecule has 1 fully saturated rings. The molecule has 0 atom stereocenters. The molecule has 2 N–H and O–H groups in total. The van der Waals surface area contributed by atoms with E-state index in [4.69, 9.17) is 4.74 Å². The van der Waals surface area contributed by atoms with Crippen molar-refractivity contribution in [3.05, 3.63) is 65.0 Å². The van der Waals surface area contributed by atoms with E-state index in [-0.39, 0.29) is 29.7 Å². The first-order chi connectivity index (χ1) is 14.5. The zero-order chi connectivity index (χ0) is 21.5. The van der Waals surface area contributed by atoms with Gasteiger partial charge in [0.1, 0.15) is 11.6 Å². The second-order valence-electron chi connectivity index (χ2n) is 7.33. The minimum atomic E-state index is -0.472. The van der Waals surface area contributed by atoms with Crippen molar-refractivity contribution >= 4 is 5.96 Å². The lowest BCUT2D eigenvalue weighted by atomic mass is 10.0. The monoisotopic (exact) mass is 420 g/mol. The highest BCUT2D eigenvalue weighted by atomic mass is 19.1. The molecular weight excluding hydrogens is 393 g/mol. The van der Waals surface area contributed by atoms with Gasteiger partial charge in [0.15, 0.2) is 17.5 Å². The summed E-state index contributed by atoms with van der Waals surface area (Å²) in [5, 5.41) is 6.37. The van der Waals surface area contributed by atoms with Crippen LogP contribution in [0.2, 0.25) is 0 Å². The van der Waals surface area contributed by atoms with Crippen molar-refractivity contribution in [3.8, 4) is 5.75 Å². The normalized spacial score (nSPS) is 15.8. The van der Waals surface area contributed by atoms with Crippen LogP contribution in [0.5, 0.6) is 5.75 Å². The Kier molecular flexibility index (Phi) is 7.57. The molecule has 2 aromatic carbocycles. The number of rotatable bonds is 6. The minimum absolute atomic E-state index is 0.144. The number of hydrogen-bond acceptors (Lipinski definition) is 3. The summed E-state index contributed by atoms with van der Waals surface area (Å²) in [6.45, 7) is 2.55. The van der Waals surface area contributed by atoms with E-state index < -0.39 is 11.6 Å². The van der Waals surface area contributed by atoms with E-state index in [0.717, 1.165) is 43.6 Å². The Balaban J connectivity index is 1.46. The van der Waals surface area contributed by atoms with Crippen LogP contribution in [-0.4, -0.2) is 44.1 Å². The number of aliphatic imine (C=N–C) groups is 1. The van der Waals surface area contributed by atoms with Gasteiger partial charge in [-0.3, -0.25) is 9.89 Å². The van der Waals surface area contributed by atoms with Crippen molar-refractivity contribution in [2.75, 3.05) is 27.2 Å². The van der Waals surface area contributed by atoms with Crippen molar-refractivity contribution in [2.45, 2.75) is 32.0 Å². The first-order valence-electron chi connectivity index (χ1n) is 9.94. The fourth-order valence-corrected chi connectivity index (χ4v) is 3.55. The molecule has 8 heteroatoms. The van der Waals surface area contributed by atoms with E-state index in [1.54, 1.807) is 13.1 Å². The molecule has 30 heavy (non-hydrogen) atoms. The van der Waals surface area contributed by atoms with Gasteiger partial charge in [-0.05, 0) is 48.7 Å². The van der Waals surface area contributed by atoms with Gasteiger partial charge in [-0.1, -0.05) is 6.07 Å². The van der Waals surface area contributed by atoms with E-state index in [1.165, 1.54) is 19.2 Å². The maximum atomic E-state index is 13.9. The Morgan fingerprint density at radius 1 is 1.10 bits per heavy atom. The maximum Gasteiger partial charge on any atom is 0.191 e. The summed E-state index contributed by atoms with van der Waals surface area (Å²) in [7, 11) is 3.10. The molecule has 3 rings (SSSR count). The van der Waals surface area contributed by atoms with E-state index in [2.05, 4.69) is 20.5 Å². The van der Waals surface area contributed by atoms with Crippen LogP contribution in [0.3, 0.4) is 0 Å². The van der Waals surface area contributed by atoms with Gasteiger partial charge in [0.25, 0.3) is 0 Å². The van der Waals surface area contributed by atoms with E-state index in [1.807, 2.05) is 6.07 Å². The van der Waals surface area contributed by atoms with Crippen LogP contribution in [0.25, 0.3) is 0 Å². The minimum Gasteiger partial charge on any atom is -0.494 e. The zero-order valence-electron chi connectivity index (χ0n) is 17.2. The van der Waals surface area contributed by atoms with Crippen LogP contribution in [0.4, 0.5) is 13.2 Å². The van der Waals surface area contributed by atoms with Crippen LogP contribution in [0, 0.1) is 17.5 Å². The summed E-state index contributed by atoms with van der Waals surface area (Å²) < 4.78 is 45.9. The molecule has 1 heterocycles. The molecule has 1 aliphatic heterocycles. The van der Waals surface area contributed by atoms with Gasteiger partial charge in [0.05, 0.1) is 7.11 Å². The number of nitrogens with zero attached hydrogens (tertiary/aromatic N) is 2. The Morgan fingerprint density at radius 3 is 2.53 bits per heavy atom. The number of nitrogens with one attached hydrogen (secondary N) is 2. The highest BCUT2D eigenvalue weighted by molar-refractivity contribution is 5.79. The first-order valence-corrected chi connectivity index (χ1v) is 9.94. The Morgan fingerprint density at radius 2 is 1.87 bits per heavy atom. The molecular formula is C22H27F3N4O. The van der Waals surface area contributed by atoms with E-state index in [9.17, 15) is 13.2 Å². The predicted molar refractivity (Wildman–Crippen MR) is 111 cm³/mol. The van der Waals surface area contributed by atoms with E-state index >= 15 is 0 Å². The van der Waals surface area contributed by atoms with Crippen LogP contribution < -0.4 is 15.4 Å². The Bertz CT molecular complexity index is 883. The third-order valence-electron chi connectivity index (χ3n) is 5.23. The SMILES string of the molecule is CN=C(NCc1cc(F)ccc1F)NC1CCN(Cc2ccc(OC)c(F)c2)CC1. The van der Waals surface area contributed by atoms with Crippen molar-refractivity contribution in [2.24, 2.45) is 4.99 Å². The molecule has 0 amide bonds. The van der Waals surface area contributed by atoms with Gasteiger partial charge in [-0.2, -0.15) is 0 Å². The third-order valence-corrected chi connectivity index (χ3v) is 5.23. The number of benzene rings is 2. The first kappa shape index (κ1) is 22.0. The zero-order valence-corrected chi connectivity index (χ0v) is 17.2. The quantitative estimate of drug-likeness (QED) is 0.555. The highest BCUT2D eigenvalue weighted by Crippen LogP contribution is 2.20. The number of likely N-dealkylation sites (tertiary alicyclic amines) is 1. The number of halogens is 3. The lowest BCUT2D eigenvalue weighted by Gasteiger charge is -2.33. The summed E-state index contributed by atoms with van der Waals surface area (Å²) in [6, 6.07) is 8.65. The summed E-state index contributed by atoms with van der Waals surface area (Å²) in [5.74, 6) is -0.480. The molecule has 1 aliphatic rings. The van der Waals surface area contributed by atoms with Gasteiger partial charge < -0.3 is 15.4 Å². The molecule has 1 saturated heterocycles. The lowest BCUT2D eigenvalue weighted by Crippen LogP contribution is -2.48. The van der Waals surface area contributed by atoms with Crippen molar-refractivity contribution in [3.63, 3.8) is 0 Å². The molecule has 0 spiro atoms. The maximum absolute atomic E-state index is 13.9. The average Bonchev–Trinajstić information content (AvgIpc) is 2.74. The second kappa shape index (κ2) is 10.3. The number of guanidine groups is 1. The predicted octanol–water partition coefficient (Wildman–Crippen LogP) is 3.44. The molecule has 0 unspecified atom stereocenters. The fraction of sp³-hybridized carbons (Fsp3) is 0.409. The van der Waals surface area contributed by atoms with Crippen LogP contribution >= 0.6 is 0 Å². The third kappa shape index (κ3) is 5.89. The number of ether oxygens (including phenoxy) is 1. The van der Waals surface area contributed by atoms with Crippen LogP contribution in [-0.2, 0) is 13.1 Å². The number of hydrogen-bond donors (Lipinski definition) is 2. The smallest absolute Gasteiger partial charge is 0.191 e. The van der Waals surface area contributed by atoms with Gasteiger partial charge >= 0.3 is 0 Å². The standard InChI is InChI=1S/C22H27F3N4O/c1-26-22(27-13-16-12-17(23)4-5-19(16)24)28-18-7-9-29(10-8-18)14-15-3-6-21(30-2)20(25)11-15/h3-6,11-12,18H,7-10,13-14H2,1-2H3,(H2,26,27,28). The molecule has 5 nitrogen and oxygen atoms in total. The van der Waals surface area contributed by atoms with Crippen LogP contribution in [0.15, 0.2) is 41.4 Å². The fourth-order valence-electron chi connectivity index (χ4n) is 3.55. The molecule has 162 valence electrons. The van der Waals surface area contributed by atoms with Gasteiger partial charge in [0, 0.05) is 44.8 Å². The summed E-state index contributed by atoms with van der Waals surface area (Å²) in [4.78, 5) is 6.45. The molecule has 2 aromatic rings. The van der Waals surface area contributed by atoms with Crippen molar-refractivity contribution in [1.82, 2.24) is 15.5 Å². The summed E-state index contributed by atoms with van der Waals surface area (Å²) >= 11 is 0. The Labute approximate surface area is 174 Å². The molecule has 0 radical (unpaired) electrons. The molecule has 0 aromatic heterocycles. The van der Waals surface area contributed by atoms with Crippen molar-refractivity contribution < 1.29 is 17.9 Å². The average molecular weight is 420 g/mol. The van der Waals surface area contributed by atoms with Crippen LogP contribution in [0.1, 0.15) is 24.0 Å². The lowest BCUT2D eigenvalue weighted by molar-refractivity contribution is 0.198. The molecule has 0 bridgehead atoms. The summed E-state index contributed by atoms with van der Waals surface area (Å²) in [6.07, 6.45) is 1.79. The topological polar surface area (TPSA) is 48.9 Å². The second-order valence-corrected chi connectivity index (χ2v) is 7.33. The van der Waals surface area contributed by atoms with Gasteiger partial charge in [0.2, 0.25) is 0 Å². The molecule has 0 saturated carbocycles. The van der Waals surface area contributed by atoms with Gasteiger partial charge in [-0.15, -0.1) is 0 Å². The van der Waals surface area contributed by atoms with Crippen molar-refractivity contribution in [1.29, 1.82) is 0 Å². The van der Waals surface area contributed by atoms with Gasteiger partial charge in [-0.25, -0.2) is 13.2 Å².